The van der Waals surface area contributed by atoms with E-state index in [1.807, 2.05) is 0 Å². The third kappa shape index (κ3) is 5.66. The van der Waals surface area contributed by atoms with Gasteiger partial charge in [-0.25, -0.2) is 14.5 Å². The summed E-state index contributed by atoms with van der Waals surface area (Å²) in [6, 6.07) is 16.8. The third-order valence-corrected chi connectivity index (χ3v) is 8.06. The molecule has 1 aliphatic rings. The van der Waals surface area contributed by atoms with Gasteiger partial charge in [0.1, 0.15) is 5.57 Å². The molecule has 0 radical (unpaired) electrons. The number of carbonyl (C=O) groups is 3. The molecule has 3 heterocycles. The highest BCUT2D eigenvalue weighted by Crippen LogP contribution is 2.35. The molecule has 238 valence electrons. The quantitative estimate of drug-likeness (QED) is 0.199. The number of nitrogens with zero attached hydrogens (tertiary/aromatic N) is 5. The second-order valence-electron chi connectivity index (χ2n) is 10.4. The molecule has 6 rings (SSSR count). The van der Waals surface area contributed by atoms with Gasteiger partial charge in [-0.2, -0.15) is 4.98 Å². The van der Waals surface area contributed by atoms with Crippen molar-refractivity contribution in [2.75, 3.05) is 12.0 Å². The molecule has 0 bridgehead atoms. The highest BCUT2D eigenvalue weighted by atomic mass is 35.5. The Balaban J connectivity index is 1.41. The zero-order valence-electron chi connectivity index (χ0n) is 25.0. The van der Waals surface area contributed by atoms with Gasteiger partial charge in [0.2, 0.25) is 0 Å². The van der Waals surface area contributed by atoms with Crippen LogP contribution >= 0.6 is 23.2 Å². The van der Waals surface area contributed by atoms with E-state index in [1.54, 1.807) is 54.6 Å². The van der Waals surface area contributed by atoms with Crippen LogP contribution in [0.15, 0.2) is 81.9 Å². The summed E-state index contributed by atoms with van der Waals surface area (Å²) >= 11 is 12.5. The summed E-state index contributed by atoms with van der Waals surface area (Å²) in [5.41, 5.74) is 0.00627. The lowest BCUT2D eigenvalue weighted by molar-refractivity contribution is -0.122. The van der Waals surface area contributed by atoms with Crippen LogP contribution in [0.3, 0.4) is 0 Å². The lowest BCUT2D eigenvalue weighted by Gasteiger charge is -2.26. The molecule has 47 heavy (non-hydrogen) atoms. The van der Waals surface area contributed by atoms with E-state index in [-0.39, 0.29) is 40.8 Å². The molecule has 1 aliphatic heterocycles. The second-order valence-corrected chi connectivity index (χ2v) is 11.2. The fourth-order valence-corrected chi connectivity index (χ4v) is 5.53. The normalized spacial score (nSPS) is 14.2. The zero-order chi connectivity index (χ0) is 33.6. The Bertz CT molecular complexity index is 2270. The van der Waals surface area contributed by atoms with E-state index in [0.717, 1.165) is 9.47 Å². The number of nitrogens with one attached hydrogen (secondary N) is 1. The van der Waals surface area contributed by atoms with Gasteiger partial charge in [-0.05, 0) is 53.6 Å². The number of imidazole rings is 1. The summed E-state index contributed by atoms with van der Waals surface area (Å²) in [4.78, 5) is 69.9. The number of fused-ring (bicyclic) bond motifs is 1. The Morgan fingerprint density at radius 3 is 2.34 bits per heavy atom. The topological polar surface area (TPSA) is 147 Å². The summed E-state index contributed by atoms with van der Waals surface area (Å²) in [6.45, 7) is 0.0373. The van der Waals surface area contributed by atoms with Gasteiger partial charge >= 0.3 is 17.7 Å². The van der Waals surface area contributed by atoms with Crippen molar-refractivity contribution < 1.29 is 23.9 Å². The van der Waals surface area contributed by atoms with Crippen LogP contribution in [0.25, 0.3) is 17.2 Å². The van der Waals surface area contributed by atoms with Crippen molar-refractivity contribution in [1.82, 2.24) is 24.0 Å². The number of hydrogen-bond acceptors (Lipinski definition) is 8. The van der Waals surface area contributed by atoms with Crippen LogP contribution in [-0.2, 0) is 30.2 Å². The van der Waals surface area contributed by atoms with Crippen LogP contribution in [-0.4, -0.2) is 43.6 Å². The van der Waals surface area contributed by atoms with Crippen molar-refractivity contribution in [2.45, 2.75) is 6.54 Å². The van der Waals surface area contributed by atoms with E-state index in [9.17, 15) is 24.0 Å². The predicted octanol–water partition coefficient (Wildman–Crippen LogP) is 4.26. The molecule has 15 heteroatoms. The molecule has 1 saturated heterocycles. The summed E-state index contributed by atoms with van der Waals surface area (Å²) in [5, 5.41) is 2.96. The number of barbiturate groups is 1. The van der Waals surface area contributed by atoms with Gasteiger partial charge in [0.15, 0.2) is 22.7 Å². The number of benzene rings is 3. The molecule has 2 aromatic heterocycles. The molecule has 13 nitrogen and oxygen atoms in total. The molecule has 4 amide bonds. The Labute approximate surface area is 275 Å². The monoisotopic (exact) mass is 674 g/mol. The van der Waals surface area contributed by atoms with Gasteiger partial charge in [0.25, 0.3) is 17.4 Å². The number of aryl methyl sites for hydroxylation is 1. The molecular weight excluding hydrogens is 651 g/mol. The van der Waals surface area contributed by atoms with E-state index in [4.69, 9.17) is 32.7 Å². The van der Waals surface area contributed by atoms with Crippen molar-refractivity contribution in [3.63, 3.8) is 0 Å². The first-order valence-corrected chi connectivity index (χ1v) is 14.7. The van der Waals surface area contributed by atoms with Gasteiger partial charge in [-0.1, -0.05) is 53.5 Å². The molecule has 0 spiro atoms. The number of hydrogen-bond donors (Lipinski definition) is 1. The van der Waals surface area contributed by atoms with Gasteiger partial charge in [0, 0.05) is 24.1 Å². The molecule has 3 aromatic carbocycles. The summed E-state index contributed by atoms with van der Waals surface area (Å²) < 4.78 is 15.4. The summed E-state index contributed by atoms with van der Waals surface area (Å²) in [5.74, 6) is -1.31. The van der Waals surface area contributed by atoms with Crippen LogP contribution in [0.2, 0.25) is 10.0 Å². The number of imide groups is 2. The molecule has 0 unspecified atom stereocenters. The van der Waals surface area contributed by atoms with E-state index in [2.05, 4.69) is 10.3 Å². The number of aromatic nitrogens is 4. The fraction of sp³-hybridized carbons (Fsp3) is 0.125. The van der Waals surface area contributed by atoms with Crippen molar-refractivity contribution in [3.05, 3.63) is 114 Å². The van der Waals surface area contributed by atoms with Crippen molar-refractivity contribution in [2.24, 2.45) is 14.1 Å². The Morgan fingerprint density at radius 2 is 1.64 bits per heavy atom. The number of ether oxygens (including phenoxy) is 2. The fourth-order valence-electron chi connectivity index (χ4n) is 5.06. The van der Waals surface area contributed by atoms with Gasteiger partial charge in [-0.15, -0.1) is 0 Å². The number of halogens is 2. The highest BCUT2D eigenvalue weighted by Gasteiger charge is 2.36. The number of para-hydroxylation sites is 1. The predicted molar refractivity (Wildman–Crippen MR) is 174 cm³/mol. The lowest BCUT2D eigenvalue weighted by atomic mass is 10.1. The number of carbonyl (C=O) groups excluding carboxylic acids is 3. The SMILES string of the molecule is COc1cc(C=C2C(=O)NC(=O)N(c3ccccc3)C2=O)ccc1Oc1nc2c(c(=O)n(C)c(=O)n2C)n1Cc1ccc(Cl)cc1Cl. The van der Waals surface area contributed by atoms with Gasteiger partial charge in [-0.3, -0.25) is 33.4 Å². The first-order valence-electron chi connectivity index (χ1n) is 13.9. The minimum atomic E-state index is -0.861. The van der Waals surface area contributed by atoms with Crippen LogP contribution < -0.4 is 30.9 Å². The molecule has 0 atom stereocenters. The first-order chi connectivity index (χ1) is 22.5. The highest BCUT2D eigenvalue weighted by molar-refractivity contribution is 6.39. The maximum atomic E-state index is 13.3. The smallest absolute Gasteiger partial charge is 0.335 e. The van der Waals surface area contributed by atoms with E-state index >= 15 is 0 Å². The largest absolute Gasteiger partial charge is 0.493 e. The van der Waals surface area contributed by atoms with Gasteiger partial charge < -0.3 is 9.47 Å². The van der Waals surface area contributed by atoms with Crippen LogP contribution in [0.1, 0.15) is 11.1 Å². The van der Waals surface area contributed by atoms with Crippen LogP contribution in [0.5, 0.6) is 17.5 Å². The molecule has 0 saturated carbocycles. The summed E-state index contributed by atoms with van der Waals surface area (Å²) in [6.07, 6.45) is 1.32. The Kier molecular flexibility index (Phi) is 8.18. The van der Waals surface area contributed by atoms with Crippen LogP contribution in [0, 0.1) is 0 Å². The number of methoxy groups -OCH3 is 1. The minimum absolute atomic E-state index is 0.0373. The second kappa shape index (κ2) is 12.3. The molecule has 5 aromatic rings. The average molecular weight is 675 g/mol. The van der Waals surface area contributed by atoms with E-state index < -0.39 is 29.1 Å². The Morgan fingerprint density at radius 1 is 0.894 bits per heavy atom. The molecule has 1 fully saturated rings. The number of rotatable bonds is 7. The standard InChI is InChI=1S/C32H24Cl2N6O7/c1-37-26-25(29(43)38(2)32(37)45)39(16-18-10-11-19(33)15-22(18)34)31(35-26)47-23-12-9-17(14-24(23)46-3)13-21-27(41)36-30(44)40(28(21)42)20-7-5-4-6-8-20/h4-15H,16H2,1-3H3,(H,36,41,44). The van der Waals surface area contributed by atoms with Gasteiger partial charge in [0.05, 0.1) is 19.3 Å². The van der Waals surface area contributed by atoms with Crippen molar-refractivity contribution in [3.8, 4) is 17.5 Å². The van der Waals surface area contributed by atoms with Crippen molar-refractivity contribution >= 4 is 64.0 Å². The van der Waals surface area contributed by atoms with Crippen LogP contribution in [0.4, 0.5) is 10.5 Å². The van der Waals surface area contributed by atoms with E-state index in [1.165, 1.54) is 48.5 Å². The Hall–Kier alpha value is -5.66. The summed E-state index contributed by atoms with van der Waals surface area (Å²) in [7, 11) is 4.24. The molecular formula is C32H24Cl2N6O7. The van der Waals surface area contributed by atoms with Crippen molar-refractivity contribution in [1.29, 1.82) is 0 Å². The molecule has 1 N–H and O–H groups in total. The number of amides is 4. The van der Waals surface area contributed by atoms with E-state index in [0.29, 0.717) is 26.9 Å². The zero-order valence-corrected chi connectivity index (χ0v) is 26.5. The maximum absolute atomic E-state index is 13.3. The average Bonchev–Trinajstić information content (AvgIpc) is 3.40. The lowest BCUT2D eigenvalue weighted by Crippen LogP contribution is -2.54. The number of anilines is 1. The molecule has 0 aliphatic carbocycles. The number of urea groups is 1. The minimum Gasteiger partial charge on any atom is -0.493 e. The third-order valence-electron chi connectivity index (χ3n) is 7.47. The first kappa shape index (κ1) is 31.3. The maximum Gasteiger partial charge on any atom is 0.335 e.